The molecule has 0 radical (unpaired) electrons. The Morgan fingerprint density at radius 3 is 1.66 bits per heavy atom. The molecule has 0 bridgehead atoms. The summed E-state index contributed by atoms with van der Waals surface area (Å²) < 4.78 is 74.7. The van der Waals surface area contributed by atoms with Crippen molar-refractivity contribution < 1.29 is 105 Å². The van der Waals surface area contributed by atoms with Crippen LogP contribution in [0.1, 0.15) is 99.7 Å². The van der Waals surface area contributed by atoms with Gasteiger partial charge in [-0.3, -0.25) is 58.1 Å². The van der Waals surface area contributed by atoms with Gasteiger partial charge >= 0.3 is 6.09 Å². The molecule has 0 fully saturated rings. The summed E-state index contributed by atoms with van der Waals surface area (Å²) in [6, 6.07) is 32.6. The molecular formula is C87H106N10O22. The SMILES string of the molecule is COc1cc2c(cc1OCc1cc(COc3cc4c(cc3OC)C(=O)N3Cc5ccccc5CC3C=N4)cc(N(C)C(=O)OCc3ccc(NC(=O)[C@H](C)NC(=O)[C@@H](NC(=O)CCOCCOCCOCCOCCOCCOCCOCCOCCNC(=O)CCN4C(=O)C=CC4=O)C(C)C)cc3)c1)N=CCCc1ccccc1CNC2=O. The molecule has 0 aliphatic carbocycles. The lowest BCUT2D eigenvalue weighted by Gasteiger charge is -2.34. The van der Waals surface area contributed by atoms with E-state index in [2.05, 4.69) is 32.7 Å². The van der Waals surface area contributed by atoms with E-state index in [4.69, 9.17) is 71.6 Å². The average molecular weight is 1640 g/mol. The second-order valence-corrected chi connectivity index (χ2v) is 28.4. The molecule has 1 unspecified atom stereocenters. The van der Waals surface area contributed by atoms with Crippen LogP contribution in [0.4, 0.5) is 27.5 Å². The van der Waals surface area contributed by atoms with Crippen LogP contribution in [0.25, 0.3) is 0 Å². The number of benzene rings is 6. The van der Waals surface area contributed by atoms with Crippen LogP contribution in [-0.2, 0) is 117 Å². The summed E-state index contributed by atoms with van der Waals surface area (Å²) in [5, 5.41) is 14.0. The number of rotatable bonds is 47. The summed E-state index contributed by atoms with van der Waals surface area (Å²) in [6.07, 6.45) is 7.27. The standard InChI is InChI=1S/C87H106N10O22/c1-58(2)82(94-79(99)24-28-109-30-32-111-34-36-113-38-40-115-42-43-116-41-39-114-37-35-112-33-31-110-29-26-89-78(98)23-27-96-80(100)21-22-81(96)101)85(104)92-59(3)83(102)93-67-19-17-60(18-20-67)55-119-87(106)95(4)68-45-61(56-117-76-50-72-70(48-74(76)107-5)84(103)91-52-65-14-9-7-12-63(65)16-11-25-88-72)44-62(46-68)57-118-77-51-73-71(49-75(77)108-6)86(105)97-54-66-15-10-8-13-64(66)47-69(97)53-90-73/h7-10,12-15,17-22,25,44-46,48-51,53,58-59,69,82H,11,16,23-24,26-43,47,52,54-57H2,1-6H3,(H,89,98)(H,91,103)(H,92,104)(H,93,102)(H,94,99)/t59-,69?,82-/m0/s1. The fraction of sp³-hybridized carbons (Fsp3) is 0.437. The molecule has 32 nitrogen and oxygen atoms in total. The highest BCUT2D eigenvalue weighted by molar-refractivity contribution is 6.13. The molecule has 4 heterocycles. The lowest BCUT2D eigenvalue weighted by atomic mass is 9.94. The van der Waals surface area contributed by atoms with Crippen molar-refractivity contribution in [2.24, 2.45) is 15.9 Å². The Bertz CT molecular complexity index is 4450. The van der Waals surface area contributed by atoms with E-state index in [0.29, 0.717) is 192 Å². The maximum Gasteiger partial charge on any atom is 0.414 e. The number of aryl methyl sites for hydroxylation is 1. The second-order valence-electron chi connectivity index (χ2n) is 28.4. The van der Waals surface area contributed by atoms with Gasteiger partial charge < -0.3 is 93.1 Å². The molecule has 5 N–H and O–H groups in total. The second kappa shape index (κ2) is 47.2. The lowest BCUT2D eigenvalue weighted by Crippen LogP contribution is -2.53. The lowest BCUT2D eigenvalue weighted by molar-refractivity contribution is -0.137. The summed E-state index contributed by atoms with van der Waals surface area (Å²) in [4.78, 5) is 131. The minimum atomic E-state index is -0.996. The van der Waals surface area contributed by atoms with E-state index in [-0.39, 0.29) is 88.7 Å². The summed E-state index contributed by atoms with van der Waals surface area (Å²) in [5.41, 5.74) is 8.56. The summed E-state index contributed by atoms with van der Waals surface area (Å²) in [5.74, 6) is -2.14. The Kier molecular flexibility index (Phi) is 35.6. The molecule has 4 aliphatic heterocycles. The Morgan fingerprint density at radius 1 is 0.546 bits per heavy atom. The highest BCUT2D eigenvalue weighted by atomic mass is 16.6. The van der Waals surface area contributed by atoms with Crippen LogP contribution in [0.5, 0.6) is 23.0 Å². The average Bonchev–Trinajstić information content (AvgIpc) is 1.68. The van der Waals surface area contributed by atoms with Gasteiger partial charge in [-0.2, -0.15) is 0 Å². The van der Waals surface area contributed by atoms with Crippen molar-refractivity contribution in [3.05, 3.63) is 177 Å². The molecule has 0 saturated carbocycles. The first kappa shape index (κ1) is 89.8. The van der Waals surface area contributed by atoms with Gasteiger partial charge in [0, 0.05) is 94.2 Å². The minimum Gasteiger partial charge on any atom is -0.493 e. The molecule has 0 saturated heterocycles. The molecule has 3 atom stereocenters. The monoisotopic (exact) mass is 1640 g/mol. The van der Waals surface area contributed by atoms with E-state index in [1.807, 2.05) is 59.6 Å². The van der Waals surface area contributed by atoms with Crippen LogP contribution in [0.3, 0.4) is 0 Å². The highest BCUT2D eigenvalue weighted by Gasteiger charge is 2.34. The van der Waals surface area contributed by atoms with Crippen LogP contribution >= 0.6 is 0 Å². The molecule has 6 aromatic carbocycles. The summed E-state index contributed by atoms with van der Waals surface area (Å²) in [7, 11) is 4.56. The van der Waals surface area contributed by atoms with Crippen molar-refractivity contribution in [1.82, 2.24) is 31.1 Å². The van der Waals surface area contributed by atoms with Gasteiger partial charge in [-0.15, -0.1) is 0 Å². The van der Waals surface area contributed by atoms with Gasteiger partial charge in [-0.25, -0.2) is 4.79 Å². The molecule has 9 amide bonds. The van der Waals surface area contributed by atoms with E-state index in [1.54, 1.807) is 87.8 Å². The maximum absolute atomic E-state index is 14.2. The van der Waals surface area contributed by atoms with E-state index < -0.39 is 47.7 Å². The molecule has 6 aromatic rings. The number of carbonyl (C=O) groups is 9. The molecule has 10 rings (SSSR count). The third-order valence-corrected chi connectivity index (χ3v) is 19.5. The van der Waals surface area contributed by atoms with E-state index in [1.165, 1.54) is 43.8 Å². The van der Waals surface area contributed by atoms with Crippen LogP contribution in [0.2, 0.25) is 0 Å². The van der Waals surface area contributed by atoms with Gasteiger partial charge in [0.05, 0.1) is 148 Å². The number of fused-ring (bicyclic) bond motifs is 5. The minimum absolute atomic E-state index is 0.0119. The van der Waals surface area contributed by atoms with Crippen molar-refractivity contribution in [2.45, 2.75) is 104 Å². The fourth-order valence-corrected chi connectivity index (χ4v) is 12.9. The number of hydrogen-bond acceptors (Lipinski definition) is 24. The Hall–Kier alpha value is -11.5. The van der Waals surface area contributed by atoms with Crippen molar-refractivity contribution in [3.8, 4) is 23.0 Å². The van der Waals surface area contributed by atoms with Crippen LogP contribution in [0.15, 0.2) is 137 Å². The number of amides is 9. The molecular weight excluding hydrogens is 1540 g/mol. The van der Waals surface area contributed by atoms with E-state index in [0.717, 1.165) is 28.0 Å². The first-order valence-electron chi connectivity index (χ1n) is 39.8. The van der Waals surface area contributed by atoms with Crippen molar-refractivity contribution >= 4 is 88.5 Å². The first-order valence-corrected chi connectivity index (χ1v) is 39.8. The fourth-order valence-electron chi connectivity index (χ4n) is 12.9. The third kappa shape index (κ3) is 27.8. The van der Waals surface area contributed by atoms with E-state index in [9.17, 15) is 43.2 Å². The number of aliphatic imine (C=N–C) groups is 2. The van der Waals surface area contributed by atoms with Gasteiger partial charge in [-0.1, -0.05) is 74.5 Å². The molecule has 4 aliphatic rings. The topological polar surface area (TPSA) is 368 Å². The first-order chi connectivity index (χ1) is 57.8. The van der Waals surface area contributed by atoms with Crippen molar-refractivity contribution in [1.29, 1.82) is 0 Å². The largest absolute Gasteiger partial charge is 0.493 e. The normalized spacial score (nSPS) is 14.6. The van der Waals surface area contributed by atoms with Crippen LogP contribution in [-0.4, -0.2) is 234 Å². The number of ether oxygens (including phenoxy) is 13. The Morgan fingerprint density at radius 2 is 1.08 bits per heavy atom. The van der Waals surface area contributed by atoms with Gasteiger partial charge in [0.2, 0.25) is 23.6 Å². The molecule has 0 aromatic heterocycles. The predicted molar refractivity (Wildman–Crippen MR) is 440 cm³/mol. The van der Waals surface area contributed by atoms with Crippen LogP contribution in [0, 0.1) is 5.92 Å². The molecule has 32 heteroatoms. The number of imide groups is 1. The zero-order valence-corrected chi connectivity index (χ0v) is 68.1. The van der Waals surface area contributed by atoms with Gasteiger partial charge in [-0.05, 0) is 114 Å². The Labute approximate surface area is 691 Å². The van der Waals surface area contributed by atoms with Crippen molar-refractivity contribution in [3.63, 3.8) is 0 Å². The molecule has 636 valence electrons. The predicted octanol–water partition coefficient (Wildman–Crippen LogP) is 8.03. The smallest absolute Gasteiger partial charge is 0.414 e. The molecule has 0 spiro atoms. The zero-order valence-electron chi connectivity index (χ0n) is 68.1. The quantitative estimate of drug-likeness (QED) is 0.0178. The highest BCUT2D eigenvalue weighted by Crippen LogP contribution is 2.40. The summed E-state index contributed by atoms with van der Waals surface area (Å²) in [6.45, 7) is 11.4. The van der Waals surface area contributed by atoms with Crippen molar-refractivity contribution in [2.75, 3.05) is 150 Å². The number of anilines is 2. The van der Waals surface area contributed by atoms with Crippen LogP contribution < -0.4 is 50.4 Å². The Balaban J connectivity index is 0.611. The number of hydrogen-bond donors (Lipinski definition) is 5. The number of nitrogens with zero attached hydrogens (tertiary/aromatic N) is 5. The zero-order chi connectivity index (χ0) is 84.3. The third-order valence-electron chi connectivity index (χ3n) is 19.5. The van der Waals surface area contributed by atoms with Gasteiger partial charge in [0.1, 0.15) is 31.9 Å². The van der Waals surface area contributed by atoms with E-state index >= 15 is 0 Å². The van der Waals surface area contributed by atoms with Gasteiger partial charge in [0.15, 0.2) is 23.0 Å². The number of carbonyl (C=O) groups excluding carboxylic acids is 9. The number of methoxy groups -OCH3 is 2. The molecule has 119 heavy (non-hydrogen) atoms. The maximum atomic E-state index is 14.2. The van der Waals surface area contributed by atoms with Gasteiger partial charge in [0.25, 0.3) is 23.6 Å². The number of nitrogens with one attached hydrogen (secondary N) is 5. The summed E-state index contributed by atoms with van der Waals surface area (Å²) >= 11 is 0.